The van der Waals surface area contributed by atoms with Crippen LogP contribution in [-0.4, -0.2) is 71.1 Å². The third-order valence-corrected chi connectivity index (χ3v) is 4.95. The monoisotopic (exact) mass is 519 g/mol. The van der Waals surface area contributed by atoms with Crippen molar-refractivity contribution in [1.29, 1.82) is 0 Å². The second-order valence-electron chi connectivity index (χ2n) is 7.52. The van der Waals surface area contributed by atoms with Crippen molar-refractivity contribution < 1.29 is 4.74 Å². The van der Waals surface area contributed by atoms with Gasteiger partial charge >= 0.3 is 0 Å². The van der Waals surface area contributed by atoms with E-state index >= 15 is 0 Å². The van der Waals surface area contributed by atoms with Gasteiger partial charge in [-0.2, -0.15) is 0 Å². The zero-order valence-electron chi connectivity index (χ0n) is 18.4. The van der Waals surface area contributed by atoms with Crippen LogP contribution in [0, 0.1) is 6.92 Å². The number of aryl methyl sites for hydroxylation is 1. The zero-order valence-corrected chi connectivity index (χ0v) is 20.7. The number of nitrogens with zero attached hydrogens (tertiary/aromatic N) is 5. The molecule has 0 bridgehead atoms. The molecule has 0 atom stereocenters. The molecule has 0 amide bonds. The standard InChI is InChI=1S/C20H37N7O.HI/c1-6-28-13-7-10-21-20(22-14-19-25-24-17(4)26(19)5)23-18-8-11-27(12-9-18)15-16(2)3;/h18H,2,6-15H2,1,3-5H3,(H2,21,22,23);1H. The Morgan fingerprint density at radius 1 is 1.31 bits per heavy atom. The van der Waals surface area contributed by atoms with Gasteiger partial charge in [-0.15, -0.1) is 34.2 Å². The fourth-order valence-electron chi connectivity index (χ4n) is 3.23. The Morgan fingerprint density at radius 3 is 2.62 bits per heavy atom. The minimum atomic E-state index is 0. The molecule has 0 saturated carbocycles. The van der Waals surface area contributed by atoms with Gasteiger partial charge in [0.25, 0.3) is 0 Å². The molecule has 0 aliphatic carbocycles. The van der Waals surface area contributed by atoms with Crippen LogP contribution in [0.2, 0.25) is 0 Å². The maximum atomic E-state index is 5.42. The highest BCUT2D eigenvalue weighted by atomic mass is 127. The molecule has 1 fully saturated rings. The van der Waals surface area contributed by atoms with Gasteiger partial charge in [-0.3, -0.25) is 4.90 Å². The van der Waals surface area contributed by atoms with E-state index in [9.17, 15) is 0 Å². The summed E-state index contributed by atoms with van der Waals surface area (Å²) in [6.07, 6.45) is 3.17. The molecule has 1 saturated heterocycles. The summed E-state index contributed by atoms with van der Waals surface area (Å²) >= 11 is 0. The van der Waals surface area contributed by atoms with E-state index in [0.29, 0.717) is 12.6 Å². The van der Waals surface area contributed by atoms with E-state index in [-0.39, 0.29) is 24.0 Å². The summed E-state index contributed by atoms with van der Waals surface area (Å²) in [5.41, 5.74) is 1.23. The van der Waals surface area contributed by atoms with Crippen LogP contribution < -0.4 is 10.6 Å². The molecule has 2 N–H and O–H groups in total. The van der Waals surface area contributed by atoms with Crippen LogP contribution in [0.25, 0.3) is 0 Å². The van der Waals surface area contributed by atoms with Crippen molar-refractivity contribution >= 4 is 29.9 Å². The number of aromatic nitrogens is 3. The van der Waals surface area contributed by atoms with Crippen LogP contribution in [0.1, 0.15) is 44.8 Å². The molecule has 1 aromatic rings. The second-order valence-corrected chi connectivity index (χ2v) is 7.52. The second kappa shape index (κ2) is 13.9. The number of rotatable bonds is 10. The van der Waals surface area contributed by atoms with Crippen LogP contribution in [0.5, 0.6) is 0 Å². The summed E-state index contributed by atoms with van der Waals surface area (Å²) < 4.78 is 7.40. The van der Waals surface area contributed by atoms with Gasteiger partial charge in [0.05, 0.1) is 0 Å². The molecule has 2 rings (SSSR count). The highest BCUT2D eigenvalue weighted by Crippen LogP contribution is 2.11. The van der Waals surface area contributed by atoms with Gasteiger partial charge in [0, 0.05) is 52.5 Å². The van der Waals surface area contributed by atoms with Crippen LogP contribution in [0.3, 0.4) is 0 Å². The molecule has 166 valence electrons. The van der Waals surface area contributed by atoms with Crippen molar-refractivity contribution in [2.75, 3.05) is 39.4 Å². The summed E-state index contributed by atoms with van der Waals surface area (Å²) in [6.45, 7) is 16.1. The number of nitrogens with one attached hydrogen (secondary N) is 2. The number of halogens is 1. The Balaban J connectivity index is 0.00000420. The normalized spacial score (nSPS) is 15.8. The number of aliphatic imine (C=N–C) groups is 1. The van der Waals surface area contributed by atoms with Crippen molar-refractivity contribution in [3.8, 4) is 0 Å². The van der Waals surface area contributed by atoms with E-state index in [1.807, 2.05) is 25.5 Å². The minimum absolute atomic E-state index is 0. The highest BCUT2D eigenvalue weighted by molar-refractivity contribution is 14.0. The number of piperidine rings is 1. The predicted molar refractivity (Wildman–Crippen MR) is 129 cm³/mol. The first-order chi connectivity index (χ1) is 13.5. The van der Waals surface area contributed by atoms with E-state index < -0.39 is 0 Å². The van der Waals surface area contributed by atoms with Gasteiger partial charge in [0.2, 0.25) is 0 Å². The molecule has 9 heteroatoms. The molecule has 1 aromatic heterocycles. The first-order valence-electron chi connectivity index (χ1n) is 10.3. The number of hydrogen-bond donors (Lipinski definition) is 2. The minimum Gasteiger partial charge on any atom is -0.382 e. The summed E-state index contributed by atoms with van der Waals surface area (Å²) in [7, 11) is 1.97. The topological polar surface area (TPSA) is 79.6 Å². The van der Waals surface area contributed by atoms with Gasteiger partial charge in [0.15, 0.2) is 11.8 Å². The van der Waals surface area contributed by atoms with Gasteiger partial charge in [0.1, 0.15) is 12.4 Å². The summed E-state index contributed by atoms with van der Waals surface area (Å²) in [6, 6.07) is 0.431. The maximum absolute atomic E-state index is 5.42. The predicted octanol–water partition coefficient (Wildman–Crippen LogP) is 2.24. The summed E-state index contributed by atoms with van der Waals surface area (Å²) in [5.74, 6) is 2.61. The van der Waals surface area contributed by atoms with Gasteiger partial charge in [-0.1, -0.05) is 12.2 Å². The molecule has 0 aromatic carbocycles. The average Bonchev–Trinajstić information content (AvgIpc) is 2.98. The van der Waals surface area contributed by atoms with E-state index in [4.69, 9.17) is 9.73 Å². The van der Waals surface area contributed by atoms with Crippen LogP contribution in [0.15, 0.2) is 17.1 Å². The molecular weight excluding hydrogens is 481 g/mol. The molecule has 8 nitrogen and oxygen atoms in total. The van der Waals surface area contributed by atoms with E-state index in [0.717, 1.165) is 76.3 Å². The highest BCUT2D eigenvalue weighted by Gasteiger charge is 2.20. The quantitative estimate of drug-likeness (QED) is 0.162. The third-order valence-electron chi connectivity index (χ3n) is 4.95. The largest absolute Gasteiger partial charge is 0.382 e. The van der Waals surface area contributed by atoms with Gasteiger partial charge in [-0.05, 0) is 40.0 Å². The molecule has 2 heterocycles. The van der Waals surface area contributed by atoms with Crippen molar-refractivity contribution in [2.24, 2.45) is 12.0 Å². The molecule has 0 spiro atoms. The average molecular weight is 519 g/mol. The van der Waals surface area contributed by atoms with Gasteiger partial charge < -0.3 is 19.9 Å². The molecule has 1 aliphatic heterocycles. The molecule has 1 aliphatic rings. The Hall–Kier alpha value is -1.20. The Bertz CT molecular complexity index is 639. The molecular formula is C20H38IN7O. The Kier molecular flexibility index (Phi) is 12.4. The number of likely N-dealkylation sites (tertiary alicyclic amines) is 1. The number of guanidine groups is 1. The number of ether oxygens (including phenoxy) is 1. The first-order valence-corrected chi connectivity index (χ1v) is 10.3. The van der Waals surface area contributed by atoms with Crippen molar-refractivity contribution in [3.63, 3.8) is 0 Å². The van der Waals surface area contributed by atoms with Crippen molar-refractivity contribution in [3.05, 3.63) is 23.8 Å². The lowest BCUT2D eigenvalue weighted by atomic mass is 10.0. The lowest BCUT2D eigenvalue weighted by Gasteiger charge is -2.33. The van der Waals surface area contributed by atoms with E-state index in [1.165, 1.54) is 5.57 Å². The van der Waals surface area contributed by atoms with Crippen LogP contribution in [0.4, 0.5) is 0 Å². The fourth-order valence-corrected chi connectivity index (χ4v) is 3.23. The maximum Gasteiger partial charge on any atom is 0.191 e. The van der Waals surface area contributed by atoms with Crippen molar-refractivity contribution in [2.45, 2.75) is 52.6 Å². The SMILES string of the molecule is C=C(C)CN1CCC(NC(=NCc2nnc(C)n2C)NCCCOCC)CC1.I. The molecule has 0 unspecified atom stereocenters. The fraction of sp³-hybridized carbons (Fsp3) is 0.750. The Labute approximate surface area is 192 Å². The first kappa shape index (κ1) is 25.8. The van der Waals surface area contributed by atoms with Gasteiger partial charge in [-0.25, -0.2) is 4.99 Å². The molecule has 29 heavy (non-hydrogen) atoms. The lowest BCUT2D eigenvalue weighted by Crippen LogP contribution is -2.49. The Morgan fingerprint density at radius 2 is 2.03 bits per heavy atom. The summed E-state index contributed by atoms with van der Waals surface area (Å²) in [4.78, 5) is 7.22. The molecule has 0 radical (unpaired) electrons. The van der Waals surface area contributed by atoms with Crippen LogP contribution >= 0.6 is 24.0 Å². The van der Waals surface area contributed by atoms with Crippen molar-refractivity contribution in [1.82, 2.24) is 30.3 Å². The lowest BCUT2D eigenvalue weighted by molar-refractivity contribution is 0.145. The van der Waals surface area contributed by atoms with E-state index in [1.54, 1.807) is 0 Å². The summed E-state index contributed by atoms with van der Waals surface area (Å²) in [5, 5.41) is 15.4. The zero-order chi connectivity index (χ0) is 20.4. The third kappa shape index (κ3) is 9.43. The smallest absolute Gasteiger partial charge is 0.191 e. The number of hydrogen-bond acceptors (Lipinski definition) is 5. The van der Waals surface area contributed by atoms with E-state index in [2.05, 4.69) is 39.2 Å². The van der Waals surface area contributed by atoms with Crippen LogP contribution in [-0.2, 0) is 18.3 Å².